The van der Waals surface area contributed by atoms with Crippen LogP contribution in [0.5, 0.6) is 5.75 Å². The van der Waals surface area contributed by atoms with E-state index < -0.39 is 0 Å². The number of aromatic nitrogens is 3. The molecule has 0 aliphatic carbocycles. The van der Waals surface area contributed by atoms with Gasteiger partial charge in [-0.15, -0.1) is 10.2 Å². The van der Waals surface area contributed by atoms with E-state index >= 15 is 0 Å². The Balaban J connectivity index is 2.08. The number of ether oxygens (including phenoxy) is 1. The summed E-state index contributed by atoms with van der Waals surface area (Å²) in [5, 5.41) is 8.31. The first-order chi connectivity index (χ1) is 9.31. The monoisotopic (exact) mass is 253 g/mol. The lowest BCUT2D eigenvalue weighted by atomic mass is 10.1. The van der Waals surface area contributed by atoms with Crippen LogP contribution in [-0.4, -0.2) is 21.7 Å². The highest BCUT2D eigenvalue weighted by atomic mass is 16.5. The highest BCUT2D eigenvalue weighted by Crippen LogP contribution is 2.23. The van der Waals surface area contributed by atoms with Crippen LogP contribution in [0.25, 0.3) is 16.8 Å². The number of methoxy groups -OCH3 is 1. The smallest absolute Gasteiger partial charge is 0.160 e. The molecule has 0 fully saturated rings. The van der Waals surface area contributed by atoms with Crippen LogP contribution in [0.3, 0.4) is 0 Å². The van der Waals surface area contributed by atoms with Gasteiger partial charge in [0.2, 0.25) is 0 Å². The van der Waals surface area contributed by atoms with Crippen LogP contribution in [0.15, 0.2) is 42.6 Å². The Bertz CT molecular complexity index is 701. The van der Waals surface area contributed by atoms with Crippen molar-refractivity contribution in [1.29, 1.82) is 0 Å². The highest BCUT2D eigenvalue weighted by molar-refractivity contribution is 5.65. The number of hydrogen-bond donors (Lipinski definition) is 0. The molecule has 0 aliphatic rings. The minimum Gasteiger partial charge on any atom is -0.497 e. The molecule has 0 radical (unpaired) electrons. The molecule has 19 heavy (non-hydrogen) atoms. The fraction of sp³-hybridized carbons (Fsp3) is 0.200. The van der Waals surface area contributed by atoms with Gasteiger partial charge in [0.25, 0.3) is 0 Å². The fourth-order valence-corrected chi connectivity index (χ4v) is 2.13. The van der Waals surface area contributed by atoms with E-state index in [9.17, 15) is 0 Å². The number of hydrogen-bond acceptors (Lipinski definition) is 3. The van der Waals surface area contributed by atoms with E-state index in [1.807, 2.05) is 22.6 Å². The van der Waals surface area contributed by atoms with E-state index in [4.69, 9.17) is 4.74 Å². The Hall–Kier alpha value is -2.36. The first-order valence-corrected chi connectivity index (χ1v) is 6.30. The van der Waals surface area contributed by atoms with Gasteiger partial charge >= 0.3 is 0 Å². The molecule has 0 atom stereocenters. The van der Waals surface area contributed by atoms with Gasteiger partial charge in [-0.1, -0.05) is 19.1 Å². The van der Waals surface area contributed by atoms with E-state index in [0.717, 1.165) is 34.8 Å². The molecule has 0 unspecified atom stereocenters. The van der Waals surface area contributed by atoms with Gasteiger partial charge in [0.15, 0.2) is 5.65 Å². The van der Waals surface area contributed by atoms with Crippen molar-refractivity contribution in [3.05, 3.63) is 48.4 Å². The summed E-state index contributed by atoms with van der Waals surface area (Å²) >= 11 is 0. The Morgan fingerprint density at radius 1 is 1.00 bits per heavy atom. The SMILES string of the molecule is CCc1nnc2ccc(-c3ccc(OC)cc3)cn12. The van der Waals surface area contributed by atoms with Crippen LogP contribution in [0, 0.1) is 0 Å². The van der Waals surface area contributed by atoms with E-state index in [-0.39, 0.29) is 0 Å². The van der Waals surface area contributed by atoms with Crippen LogP contribution in [0.1, 0.15) is 12.7 Å². The summed E-state index contributed by atoms with van der Waals surface area (Å²) in [6.45, 7) is 2.08. The number of nitrogens with zero attached hydrogens (tertiary/aromatic N) is 3. The molecule has 3 aromatic rings. The predicted octanol–water partition coefficient (Wildman–Crippen LogP) is 2.97. The van der Waals surface area contributed by atoms with E-state index in [1.54, 1.807) is 7.11 Å². The summed E-state index contributed by atoms with van der Waals surface area (Å²) in [7, 11) is 1.67. The maximum atomic E-state index is 5.17. The van der Waals surface area contributed by atoms with Crippen LogP contribution in [-0.2, 0) is 6.42 Å². The third kappa shape index (κ3) is 2.05. The molecular weight excluding hydrogens is 238 g/mol. The topological polar surface area (TPSA) is 39.4 Å². The average molecular weight is 253 g/mol. The van der Waals surface area contributed by atoms with Crippen molar-refractivity contribution >= 4 is 5.65 Å². The molecule has 0 spiro atoms. The van der Waals surface area contributed by atoms with Crippen molar-refractivity contribution in [2.45, 2.75) is 13.3 Å². The second-order valence-electron chi connectivity index (χ2n) is 4.34. The second-order valence-corrected chi connectivity index (χ2v) is 4.34. The summed E-state index contributed by atoms with van der Waals surface area (Å²) in [5.74, 6) is 1.84. The van der Waals surface area contributed by atoms with E-state index in [2.05, 4.69) is 41.5 Å². The summed E-state index contributed by atoms with van der Waals surface area (Å²) in [6.07, 6.45) is 2.95. The molecule has 96 valence electrons. The first kappa shape index (κ1) is 11.7. The molecule has 0 amide bonds. The van der Waals surface area contributed by atoms with Crippen molar-refractivity contribution in [2.75, 3.05) is 7.11 Å². The summed E-state index contributed by atoms with van der Waals surface area (Å²) in [4.78, 5) is 0. The standard InChI is InChI=1S/C15H15N3O/c1-3-14-16-17-15-9-6-12(10-18(14)15)11-4-7-13(19-2)8-5-11/h4-10H,3H2,1-2H3. The third-order valence-electron chi connectivity index (χ3n) is 3.21. The molecule has 0 saturated carbocycles. The maximum Gasteiger partial charge on any atom is 0.160 e. The maximum absolute atomic E-state index is 5.17. The number of fused-ring (bicyclic) bond motifs is 1. The van der Waals surface area contributed by atoms with Crippen molar-refractivity contribution in [3.8, 4) is 16.9 Å². The van der Waals surface area contributed by atoms with Crippen molar-refractivity contribution in [2.24, 2.45) is 0 Å². The Labute approximate surface area is 111 Å². The molecule has 2 heterocycles. The van der Waals surface area contributed by atoms with Crippen LogP contribution >= 0.6 is 0 Å². The third-order valence-corrected chi connectivity index (χ3v) is 3.21. The van der Waals surface area contributed by atoms with E-state index in [1.165, 1.54) is 0 Å². The van der Waals surface area contributed by atoms with Crippen molar-refractivity contribution in [1.82, 2.24) is 14.6 Å². The van der Waals surface area contributed by atoms with Gasteiger partial charge in [0, 0.05) is 12.6 Å². The lowest BCUT2D eigenvalue weighted by Crippen LogP contribution is -1.93. The summed E-state index contributed by atoms with van der Waals surface area (Å²) in [5.41, 5.74) is 3.18. The molecule has 4 heteroatoms. The zero-order valence-corrected chi connectivity index (χ0v) is 11.0. The Morgan fingerprint density at radius 3 is 2.42 bits per heavy atom. The minimum absolute atomic E-state index is 0.864. The lowest BCUT2D eigenvalue weighted by molar-refractivity contribution is 0.415. The molecule has 4 nitrogen and oxygen atoms in total. The van der Waals surface area contributed by atoms with Gasteiger partial charge in [-0.05, 0) is 35.4 Å². The fourth-order valence-electron chi connectivity index (χ4n) is 2.13. The molecule has 0 aliphatic heterocycles. The molecule has 0 saturated heterocycles. The van der Waals surface area contributed by atoms with Gasteiger partial charge in [-0.2, -0.15) is 0 Å². The van der Waals surface area contributed by atoms with Gasteiger partial charge in [-0.3, -0.25) is 4.40 Å². The molecular formula is C15H15N3O. The second kappa shape index (κ2) is 4.72. The summed E-state index contributed by atoms with van der Waals surface area (Å²) < 4.78 is 7.22. The lowest BCUT2D eigenvalue weighted by Gasteiger charge is -2.05. The van der Waals surface area contributed by atoms with Gasteiger partial charge in [0.05, 0.1) is 7.11 Å². The number of benzene rings is 1. The molecule has 0 bridgehead atoms. The molecule has 3 rings (SSSR count). The average Bonchev–Trinajstić information content (AvgIpc) is 2.89. The van der Waals surface area contributed by atoms with Crippen molar-refractivity contribution in [3.63, 3.8) is 0 Å². The zero-order valence-electron chi connectivity index (χ0n) is 11.0. The van der Waals surface area contributed by atoms with E-state index in [0.29, 0.717) is 0 Å². The van der Waals surface area contributed by atoms with Crippen molar-refractivity contribution < 1.29 is 4.74 Å². The number of pyridine rings is 1. The van der Waals surface area contributed by atoms with Gasteiger partial charge < -0.3 is 4.74 Å². The quantitative estimate of drug-likeness (QED) is 0.720. The molecule has 1 aromatic carbocycles. The normalized spacial score (nSPS) is 10.8. The first-order valence-electron chi connectivity index (χ1n) is 6.30. The Kier molecular flexibility index (Phi) is 2.91. The predicted molar refractivity (Wildman–Crippen MR) is 74.4 cm³/mol. The summed E-state index contributed by atoms with van der Waals surface area (Å²) in [6, 6.07) is 12.1. The highest BCUT2D eigenvalue weighted by Gasteiger charge is 2.05. The van der Waals surface area contributed by atoms with Gasteiger partial charge in [0.1, 0.15) is 11.6 Å². The molecule has 0 N–H and O–H groups in total. The largest absolute Gasteiger partial charge is 0.497 e. The van der Waals surface area contributed by atoms with Gasteiger partial charge in [-0.25, -0.2) is 0 Å². The number of rotatable bonds is 3. The van der Waals surface area contributed by atoms with Crippen LogP contribution < -0.4 is 4.74 Å². The van der Waals surface area contributed by atoms with Crippen LogP contribution in [0.2, 0.25) is 0 Å². The minimum atomic E-state index is 0.864. The van der Waals surface area contributed by atoms with Crippen LogP contribution in [0.4, 0.5) is 0 Å². The zero-order chi connectivity index (χ0) is 13.2. The molecule has 2 aromatic heterocycles. The Morgan fingerprint density at radius 2 is 1.74 bits per heavy atom. The number of aryl methyl sites for hydroxylation is 1.